The standard InChI is InChI=1S/C15H23N3O2/c1-3-13(2)17-10-8-16(9-11-17)12-14-6-4-5-7-15(14)18(19)20/h4-7,13H,3,8-12H2,1-2H3/p+2/t13-/m0/s1. The maximum atomic E-state index is 11.0. The van der Waals surface area contributed by atoms with Crippen molar-refractivity contribution in [1.82, 2.24) is 0 Å². The Labute approximate surface area is 120 Å². The van der Waals surface area contributed by atoms with Gasteiger partial charge in [-0.25, -0.2) is 0 Å². The van der Waals surface area contributed by atoms with Gasteiger partial charge in [0.2, 0.25) is 0 Å². The average Bonchev–Trinajstić information content (AvgIpc) is 2.47. The highest BCUT2D eigenvalue weighted by molar-refractivity contribution is 5.39. The summed E-state index contributed by atoms with van der Waals surface area (Å²) in [7, 11) is 0. The molecule has 110 valence electrons. The Bertz CT molecular complexity index is 456. The lowest BCUT2D eigenvalue weighted by atomic mass is 10.1. The molecule has 1 heterocycles. The van der Waals surface area contributed by atoms with Crippen molar-refractivity contribution < 1.29 is 14.7 Å². The van der Waals surface area contributed by atoms with E-state index in [1.165, 1.54) is 24.4 Å². The molecule has 5 heteroatoms. The molecule has 1 aromatic carbocycles. The molecule has 5 nitrogen and oxygen atoms in total. The molecule has 1 aliphatic heterocycles. The predicted octanol–water partition coefficient (Wildman–Crippen LogP) is -0.323. The van der Waals surface area contributed by atoms with Crippen LogP contribution in [0.5, 0.6) is 0 Å². The van der Waals surface area contributed by atoms with Crippen LogP contribution in [0.3, 0.4) is 0 Å². The topological polar surface area (TPSA) is 52.0 Å². The van der Waals surface area contributed by atoms with Crippen molar-refractivity contribution in [2.45, 2.75) is 32.9 Å². The molecule has 0 aliphatic carbocycles. The summed E-state index contributed by atoms with van der Waals surface area (Å²) < 4.78 is 0. The van der Waals surface area contributed by atoms with Crippen molar-refractivity contribution in [3.63, 3.8) is 0 Å². The highest BCUT2D eigenvalue weighted by atomic mass is 16.6. The third kappa shape index (κ3) is 3.55. The van der Waals surface area contributed by atoms with Crippen LogP contribution < -0.4 is 9.80 Å². The number of nitro benzene ring substituents is 1. The first kappa shape index (κ1) is 14.9. The second-order valence-electron chi connectivity index (χ2n) is 5.78. The predicted molar refractivity (Wildman–Crippen MR) is 77.9 cm³/mol. The molecule has 1 aromatic rings. The van der Waals surface area contributed by atoms with Crippen LogP contribution in [-0.4, -0.2) is 37.1 Å². The number of nitrogens with one attached hydrogen (secondary N) is 2. The van der Waals surface area contributed by atoms with Gasteiger partial charge in [0, 0.05) is 6.07 Å². The molecule has 2 rings (SSSR count). The first-order chi connectivity index (χ1) is 9.61. The SMILES string of the molecule is CC[C@H](C)[NH+]1CC[NH+](Cc2ccccc2[N+](=O)[O-])CC1. The number of piperazine rings is 1. The van der Waals surface area contributed by atoms with Gasteiger partial charge in [0.1, 0.15) is 32.7 Å². The van der Waals surface area contributed by atoms with Gasteiger partial charge in [0.15, 0.2) is 0 Å². The number of quaternary nitrogens is 2. The van der Waals surface area contributed by atoms with Crippen LogP contribution in [0.2, 0.25) is 0 Å². The minimum absolute atomic E-state index is 0.261. The van der Waals surface area contributed by atoms with Crippen LogP contribution in [0.25, 0.3) is 0 Å². The van der Waals surface area contributed by atoms with E-state index in [-0.39, 0.29) is 10.6 Å². The van der Waals surface area contributed by atoms with Crippen LogP contribution in [-0.2, 0) is 6.54 Å². The molecular formula is C15H25N3O2+2. The number of benzene rings is 1. The fraction of sp³-hybridized carbons (Fsp3) is 0.600. The van der Waals surface area contributed by atoms with E-state index in [9.17, 15) is 10.1 Å². The van der Waals surface area contributed by atoms with Crippen molar-refractivity contribution in [2.24, 2.45) is 0 Å². The Morgan fingerprint density at radius 2 is 1.90 bits per heavy atom. The normalized spacial score (nSPS) is 24.3. The Morgan fingerprint density at radius 1 is 1.25 bits per heavy atom. The average molecular weight is 279 g/mol. The molecule has 0 aromatic heterocycles. The molecule has 0 unspecified atom stereocenters. The maximum Gasteiger partial charge on any atom is 0.278 e. The molecule has 0 spiro atoms. The molecule has 0 saturated carbocycles. The van der Waals surface area contributed by atoms with Gasteiger partial charge in [0.25, 0.3) is 5.69 Å². The van der Waals surface area contributed by atoms with E-state index in [2.05, 4.69) is 13.8 Å². The summed E-state index contributed by atoms with van der Waals surface area (Å²) in [5, 5.41) is 11.0. The quantitative estimate of drug-likeness (QED) is 0.573. The van der Waals surface area contributed by atoms with Crippen molar-refractivity contribution in [1.29, 1.82) is 0 Å². The fourth-order valence-corrected chi connectivity index (χ4v) is 2.99. The molecular weight excluding hydrogens is 254 g/mol. The van der Waals surface area contributed by atoms with E-state index in [1.54, 1.807) is 17.0 Å². The van der Waals surface area contributed by atoms with Crippen LogP contribution in [0.1, 0.15) is 25.8 Å². The molecule has 1 atom stereocenters. The van der Waals surface area contributed by atoms with E-state index < -0.39 is 0 Å². The van der Waals surface area contributed by atoms with Gasteiger partial charge in [-0.3, -0.25) is 10.1 Å². The van der Waals surface area contributed by atoms with Crippen LogP contribution in [0.4, 0.5) is 5.69 Å². The molecule has 1 fully saturated rings. The van der Waals surface area contributed by atoms with E-state index in [1.807, 2.05) is 12.1 Å². The zero-order chi connectivity index (χ0) is 14.5. The largest absolute Gasteiger partial charge is 0.323 e. The third-order valence-electron chi connectivity index (χ3n) is 4.54. The second kappa shape index (κ2) is 6.81. The van der Waals surface area contributed by atoms with E-state index >= 15 is 0 Å². The van der Waals surface area contributed by atoms with Gasteiger partial charge < -0.3 is 9.80 Å². The molecule has 20 heavy (non-hydrogen) atoms. The summed E-state index contributed by atoms with van der Waals surface area (Å²) in [5.74, 6) is 0. The second-order valence-corrected chi connectivity index (χ2v) is 5.78. The number of hydrogen-bond acceptors (Lipinski definition) is 2. The van der Waals surface area contributed by atoms with Crippen LogP contribution >= 0.6 is 0 Å². The summed E-state index contributed by atoms with van der Waals surface area (Å²) in [5.41, 5.74) is 1.12. The highest BCUT2D eigenvalue weighted by Gasteiger charge is 2.27. The Balaban J connectivity index is 1.95. The summed E-state index contributed by atoms with van der Waals surface area (Å²) in [6, 6.07) is 7.85. The molecule has 1 aliphatic rings. The smallest absolute Gasteiger partial charge is 0.278 e. The van der Waals surface area contributed by atoms with Gasteiger partial charge >= 0.3 is 0 Å². The van der Waals surface area contributed by atoms with Crippen molar-refractivity contribution in [3.05, 3.63) is 39.9 Å². The number of nitro groups is 1. The van der Waals surface area contributed by atoms with Crippen molar-refractivity contribution in [3.8, 4) is 0 Å². The van der Waals surface area contributed by atoms with Gasteiger partial charge in [-0.05, 0) is 19.4 Å². The maximum absolute atomic E-state index is 11.0. The Morgan fingerprint density at radius 3 is 2.50 bits per heavy atom. The van der Waals surface area contributed by atoms with Gasteiger partial charge in [-0.2, -0.15) is 0 Å². The first-order valence-electron chi connectivity index (χ1n) is 7.52. The van der Waals surface area contributed by atoms with Gasteiger partial charge in [-0.1, -0.05) is 19.1 Å². The number of hydrogen-bond donors (Lipinski definition) is 2. The zero-order valence-corrected chi connectivity index (χ0v) is 12.4. The molecule has 1 saturated heterocycles. The lowest BCUT2D eigenvalue weighted by Crippen LogP contribution is -3.29. The zero-order valence-electron chi connectivity index (χ0n) is 12.4. The van der Waals surface area contributed by atoms with Crippen LogP contribution in [0.15, 0.2) is 24.3 Å². The summed E-state index contributed by atoms with van der Waals surface area (Å²) in [6.45, 7) is 9.87. The molecule has 0 bridgehead atoms. The number of nitrogens with zero attached hydrogens (tertiary/aromatic N) is 1. The Hall–Kier alpha value is -1.46. The monoisotopic (exact) mass is 279 g/mol. The summed E-state index contributed by atoms with van der Waals surface area (Å²) >= 11 is 0. The number of para-hydroxylation sites is 1. The van der Waals surface area contributed by atoms with Gasteiger partial charge in [0.05, 0.1) is 16.5 Å². The van der Waals surface area contributed by atoms with E-state index in [0.717, 1.165) is 31.2 Å². The molecule has 0 amide bonds. The van der Waals surface area contributed by atoms with Crippen molar-refractivity contribution >= 4 is 5.69 Å². The summed E-state index contributed by atoms with van der Waals surface area (Å²) in [4.78, 5) is 13.9. The lowest BCUT2D eigenvalue weighted by molar-refractivity contribution is -1.03. The lowest BCUT2D eigenvalue weighted by Gasteiger charge is -2.32. The fourth-order valence-electron chi connectivity index (χ4n) is 2.99. The molecule has 0 radical (unpaired) electrons. The Kier molecular flexibility index (Phi) is 5.09. The van der Waals surface area contributed by atoms with E-state index in [0.29, 0.717) is 0 Å². The number of rotatable bonds is 5. The molecule has 2 N–H and O–H groups in total. The highest BCUT2D eigenvalue weighted by Crippen LogP contribution is 2.16. The first-order valence-corrected chi connectivity index (χ1v) is 7.52. The van der Waals surface area contributed by atoms with Crippen molar-refractivity contribution in [2.75, 3.05) is 26.2 Å². The minimum Gasteiger partial charge on any atom is -0.323 e. The van der Waals surface area contributed by atoms with E-state index in [4.69, 9.17) is 0 Å². The third-order valence-corrected chi connectivity index (χ3v) is 4.54. The minimum atomic E-state index is -0.268. The summed E-state index contributed by atoms with van der Waals surface area (Å²) in [6.07, 6.45) is 1.22. The van der Waals surface area contributed by atoms with Gasteiger partial charge in [-0.15, -0.1) is 0 Å². The van der Waals surface area contributed by atoms with Crippen LogP contribution in [0, 0.1) is 10.1 Å².